The standard InChI is InChI=1S/C19H20ClN5O2S/c1-11-5-6-14(20)9-15(11)22-17(27)13-4-3-7-24(10-13)19-23-25-16(26)8-12(2)21-18(25)28-19/h5-6,8-9,13H,3-4,7,10H2,1-2H3,(H,22,27)/t13-/m1/s1. The third-order valence-electron chi connectivity index (χ3n) is 4.88. The monoisotopic (exact) mass is 417 g/mol. The molecule has 0 bridgehead atoms. The van der Waals surface area contributed by atoms with Crippen LogP contribution < -0.4 is 15.8 Å². The Morgan fingerprint density at radius 3 is 2.96 bits per heavy atom. The van der Waals surface area contributed by atoms with Crippen LogP contribution in [0.1, 0.15) is 24.1 Å². The third kappa shape index (κ3) is 3.74. The fourth-order valence-corrected chi connectivity index (χ4v) is 4.53. The number of anilines is 2. The second kappa shape index (κ2) is 7.52. The lowest BCUT2D eigenvalue weighted by molar-refractivity contribution is -0.120. The molecule has 1 atom stereocenters. The Bertz CT molecular complexity index is 1110. The molecule has 2 aromatic heterocycles. The maximum absolute atomic E-state index is 12.8. The summed E-state index contributed by atoms with van der Waals surface area (Å²) < 4.78 is 1.33. The number of amides is 1. The molecule has 0 radical (unpaired) electrons. The van der Waals surface area contributed by atoms with Crippen LogP contribution >= 0.6 is 22.9 Å². The lowest BCUT2D eigenvalue weighted by Crippen LogP contribution is -2.41. The molecule has 7 nitrogen and oxygen atoms in total. The van der Waals surface area contributed by atoms with Crippen LogP contribution in [0.2, 0.25) is 5.02 Å². The maximum Gasteiger partial charge on any atom is 0.275 e. The first-order chi connectivity index (χ1) is 13.4. The molecule has 0 saturated carbocycles. The van der Waals surface area contributed by atoms with Gasteiger partial charge in [-0.3, -0.25) is 9.59 Å². The first-order valence-electron chi connectivity index (χ1n) is 9.10. The quantitative estimate of drug-likeness (QED) is 0.707. The van der Waals surface area contributed by atoms with Gasteiger partial charge in [0.05, 0.1) is 5.92 Å². The molecule has 9 heteroatoms. The fourth-order valence-electron chi connectivity index (χ4n) is 3.37. The number of carbonyl (C=O) groups excluding carboxylic acids is 1. The molecule has 1 aliphatic heterocycles. The SMILES string of the molecule is Cc1cc(=O)n2nc(N3CCC[C@@H](C(=O)Nc4cc(Cl)ccc4C)C3)sc2n1. The predicted molar refractivity (Wildman–Crippen MR) is 112 cm³/mol. The van der Waals surface area contributed by atoms with Crippen molar-refractivity contribution in [3.8, 4) is 0 Å². The Balaban J connectivity index is 1.53. The highest BCUT2D eigenvalue weighted by Gasteiger charge is 2.28. The zero-order valence-electron chi connectivity index (χ0n) is 15.6. The summed E-state index contributed by atoms with van der Waals surface area (Å²) >= 11 is 7.42. The Kier molecular flexibility index (Phi) is 5.07. The summed E-state index contributed by atoms with van der Waals surface area (Å²) in [6, 6.07) is 6.93. The van der Waals surface area contributed by atoms with E-state index < -0.39 is 0 Å². The van der Waals surface area contributed by atoms with E-state index >= 15 is 0 Å². The van der Waals surface area contributed by atoms with Crippen LogP contribution in [-0.2, 0) is 4.79 Å². The molecule has 3 heterocycles. The number of hydrogen-bond acceptors (Lipinski definition) is 6. The van der Waals surface area contributed by atoms with E-state index in [9.17, 15) is 9.59 Å². The van der Waals surface area contributed by atoms with Crippen LogP contribution in [0, 0.1) is 19.8 Å². The van der Waals surface area contributed by atoms with Crippen molar-refractivity contribution in [2.45, 2.75) is 26.7 Å². The Hall–Kier alpha value is -2.45. The van der Waals surface area contributed by atoms with Gasteiger partial charge in [0.15, 0.2) is 0 Å². The molecule has 4 rings (SSSR count). The summed E-state index contributed by atoms with van der Waals surface area (Å²) in [7, 11) is 0. The van der Waals surface area contributed by atoms with Crippen molar-refractivity contribution in [1.29, 1.82) is 0 Å². The van der Waals surface area contributed by atoms with Crippen LogP contribution in [0.3, 0.4) is 0 Å². The molecule has 1 amide bonds. The zero-order valence-corrected chi connectivity index (χ0v) is 17.2. The van der Waals surface area contributed by atoms with E-state index in [1.54, 1.807) is 19.1 Å². The van der Waals surface area contributed by atoms with Crippen LogP contribution in [0.15, 0.2) is 29.1 Å². The minimum absolute atomic E-state index is 0.0256. The van der Waals surface area contributed by atoms with E-state index in [1.165, 1.54) is 21.9 Å². The van der Waals surface area contributed by atoms with Crippen LogP contribution in [0.25, 0.3) is 4.96 Å². The van der Waals surface area contributed by atoms with Gasteiger partial charge in [-0.15, -0.1) is 5.10 Å². The molecule has 0 unspecified atom stereocenters. The van der Waals surface area contributed by atoms with Gasteiger partial charge in [-0.05, 0) is 44.4 Å². The van der Waals surface area contributed by atoms with Gasteiger partial charge in [-0.2, -0.15) is 4.52 Å². The average Bonchev–Trinajstić information content (AvgIpc) is 3.09. The number of carbonyl (C=O) groups is 1. The van der Waals surface area contributed by atoms with Gasteiger partial charge >= 0.3 is 0 Å². The van der Waals surface area contributed by atoms with Gasteiger partial charge in [0.25, 0.3) is 5.56 Å². The van der Waals surface area contributed by atoms with Gasteiger partial charge in [0.1, 0.15) is 0 Å². The summed E-state index contributed by atoms with van der Waals surface area (Å²) in [5, 5.41) is 8.72. The maximum atomic E-state index is 12.8. The van der Waals surface area contributed by atoms with E-state index in [-0.39, 0.29) is 17.4 Å². The number of rotatable bonds is 3. The molecule has 3 aromatic rings. The van der Waals surface area contributed by atoms with Crippen molar-refractivity contribution in [2.24, 2.45) is 5.92 Å². The number of aromatic nitrogens is 3. The van der Waals surface area contributed by atoms with Crippen molar-refractivity contribution >= 4 is 44.6 Å². The van der Waals surface area contributed by atoms with E-state index in [0.717, 1.165) is 30.6 Å². The summed E-state index contributed by atoms with van der Waals surface area (Å²) in [6.07, 6.45) is 1.69. The minimum Gasteiger partial charge on any atom is -0.346 e. The molecular formula is C19H20ClN5O2S. The highest BCUT2D eigenvalue weighted by Crippen LogP contribution is 2.28. The van der Waals surface area contributed by atoms with Gasteiger partial charge in [-0.25, -0.2) is 4.98 Å². The van der Waals surface area contributed by atoms with Crippen LogP contribution in [0.4, 0.5) is 10.8 Å². The second-order valence-corrected chi connectivity index (χ2v) is 8.42. The average molecular weight is 418 g/mol. The molecule has 1 fully saturated rings. The number of nitrogens with one attached hydrogen (secondary N) is 1. The molecule has 1 saturated heterocycles. The van der Waals surface area contributed by atoms with Gasteiger partial charge in [-0.1, -0.05) is 29.0 Å². The summed E-state index contributed by atoms with van der Waals surface area (Å²) in [4.78, 5) is 31.9. The van der Waals surface area contributed by atoms with E-state index in [0.29, 0.717) is 27.4 Å². The molecule has 1 N–H and O–H groups in total. The van der Waals surface area contributed by atoms with Crippen molar-refractivity contribution in [3.05, 3.63) is 50.9 Å². The predicted octanol–water partition coefficient (Wildman–Crippen LogP) is 3.28. The summed E-state index contributed by atoms with van der Waals surface area (Å²) in [5.74, 6) is -0.187. The highest BCUT2D eigenvalue weighted by molar-refractivity contribution is 7.20. The first kappa shape index (κ1) is 18.9. The zero-order chi connectivity index (χ0) is 19.8. The van der Waals surface area contributed by atoms with Crippen molar-refractivity contribution < 1.29 is 4.79 Å². The number of fused-ring (bicyclic) bond motifs is 1. The van der Waals surface area contributed by atoms with E-state index in [1.807, 2.05) is 13.0 Å². The number of aryl methyl sites for hydroxylation is 2. The molecule has 0 aliphatic carbocycles. The Morgan fingerprint density at radius 1 is 1.32 bits per heavy atom. The Morgan fingerprint density at radius 2 is 2.14 bits per heavy atom. The van der Waals surface area contributed by atoms with Crippen molar-refractivity contribution in [1.82, 2.24) is 14.6 Å². The van der Waals surface area contributed by atoms with E-state index in [2.05, 4.69) is 20.3 Å². The topological polar surface area (TPSA) is 79.6 Å². The molecule has 1 aromatic carbocycles. The second-order valence-electron chi connectivity index (χ2n) is 7.05. The Labute approximate surface area is 171 Å². The molecule has 0 spiro atoms. The number of nitrogens with zero attached hydrogens (tertiary/aromatic N) is 4. The summed E-state index contributed by atoms with van der Waals surface area (Å²) in [6.45, 7) is 5.08. The molecule has 1 aliphatic rings. The smallest absolute Gasteiger partial charge is 0.275 e. The fraction of sp³-hybridized carbons (Fsp3) is 0.368. The number of hydrogen-bond donors (Lipinski definition) is 1. The number of benzene rings is 1. The van der Waals surface area contributed by atoms with Crippen LogP contribution in [0.5, 0.6) is 0 Å². The van der Waals surface area contributed by atoms with Gasteiger partial charge in [0.2, 0.25) is 16.0 Å². The first-order valence-corrected chi connectivity index (χ1v) is 10.3. The number of halogens is 1. The van der Waals surface area contributed by atoms with Gasteiger partial charge in [0, 0.05) is 35.6 Å². The lowest BCUT2D eigenvalue weighted by atomic mass is 9.97. The highest BCUT2D eigenvalue weighted by atomic mass is 35.5. The minimum atomic E-state index is -0.187. The molecule has 28 heavy (non-hydrogen) atoms. The third-order valence-corrected chi connectivity index (χ3v) is 6.09. The van der Waals surface area contributed by atoms with Gasteiger partial charge < -0.3 is 10.2 Å². The van der Waals surface area contributed by atoms with Crippen molar-refractivity contribution in [2.75, 3.05) is 23.3 Å². The molecule has 146 valence electrons. The van der Waals surface area contributed by atoms with E-state index in [4.69, 9.17) is 11.6 Å². The van der Waals surface area contributed by atoms with Crippen molar-refractivity contribution in [3.63, 3.8) is 0 Å². The largest absolute Gasteiger partial charge is 0.346 e. The molecular weight excluding hydrogens is 398 g/mol. The van der Waals surface area contributed by atoms with Crippen LogP contribution in [-0.4, -0.2) is 33.6 Å². The lowest BCUT2D eigenvalue weighted by Gasteiger charge is -2.31. The summed E-state index contributed by atoms with van der Waals surface area (Å²) in [5.41, 5.74) is 2.19. The number of piperidine rings is 1. The normalized spacial score (nSPS) is 17.1.